The van der Waals surface area contributed by atoms with Crippen molar-refractivity contribution < 1.29 is 18.9 Å². The number of hydrogen-bond donors (Lipinski definition) is 0. The molecule has 0 spiro atoms. The van der Waals surface area contributed by atoms with E-state index in [1.807, 2.05) is 0 Å². The summed E-state index contributed by atoms with van der Waals surface area (Å²) in [5, 5.41) is 0. The summed E-state index contributed by atoms with van der Waals surface area (Å²) in [5.74, 6) is -0.581. The third kappa shape index (κ3) is 2.08. The Bertz CT molecular complexity index is 181. The molecule has 0 heterocycles. The second kappa shape index (κ2) is 4.18. The summed E-state index contributed by atoms with van der Waals surface area (Å²) in [6.07, 6.45) is 0.0605. The van der Waals surface area contributed by atoms with E-state index in [-0.39, 0.29) is 13.6 Å². The summed E-state index contributed by atoms with van der Waals surface area (Å²) in [6.45, 7) is 1.13. The molecule has 0 rings (SSSR count). The molecule has 0 N–H and O–H groups in total. The molecule has 2 radical (unpaired) electrons. The first-order valence-corrected chi connectivity index (χ1v) is 2.92. The molecular weight excluding hydrogens is 146 g/mol. The van der Waals surface area contributed by atoms with E-state index in [0.29, 0.717) is 6.29 Å². The molecule has 1 unspecified atom stereocenters. The van der Waals surface area contributed by atoms with Gasteiger partial charge in [-0.05, 0) is 0 Å². The quantitative estimate of drug-likeness (QED) is 0.374. The molecule has 0 aromatic rings. The van der Waals surface area contributed by atoms with Crippen LogP contribution in [0.4, 0.5) is 0 Å². The summed E-state index contributed by atoms with van der Waals surface area (Å²) in [6, 6.07) is 0. The average molecular weight is 152 g/mol. The average Bonchev–Trinajstić information content (AvgIpc) is 2.00. The predicted molar refractivity (Wildman–Crippen MR) is 37.4 cm³/mol. The van der Waals surface area contributed by atoms with E-state index in [1.165, 1.54) is 0 Å². The summed E-state index contributed by atoms with van der Waals surface area (Å²) in [7, 11) is 4.92. The number of rotatable bonds is 5. The van der Waals surface area contributed by atoms with E-state index in [2.05, 4.69) is 4.65 Å². The number of carbonyl (C=O) groups is 2. The Morgan fingerprint density at radius 1 is 1.82 bits per heavy atom. The van der Waals surface area contributed by atoms with Crippen LogP contribution < -0.4 is 0 Å². The topological polar surface area (TPSA) is 60.4 Å². The van der Waals surface area contributed by atoms with Crippen LogP contribution in [0.5, 0.6) is 0 Å². The van der Waals surface area contributed by atoms with Crippen molar-refractivity contribution >= 4 is 27.3 Å². The van der Waals surface area contributed by atoms with Crippen LogP contribution in [0.3, 0.4) is 0 Å². The molecule has 0 saturated heterocycles. The van der Waals surface area contributed by atoms with Gasteiger partial charge in [0, 0.05) is 0 Å². The second-order valence-electron chi connectivity index (χ2n) is 2.05. The zero-order valence-corrected chi connectivity index (χ0v) is 6.07. The molecule has 0 aromatic heterocycles. The Balaban J connectivity index is 4.58. The van der Waals surface area contributed by atoms with Crippen molar-refractivity contribution in [2.75, 3.05) is 0 Å². The van der Waals surface area contributed by atoms with Gasteiger partial charge in [-0.3, -0.25) is 0 Å². The van der Waals surface area contributed by atoms with Crippen molar-refractivity contribution in [3.63, 3.8) is 0 Å². The van der Waals surface area contributed by atoms with Gasteiger partial charge in [0.1, 0.15) is 0 Å². The van der Waals surface area contributed by atoms with Gasteiger partial charge in [0.2, 0.25) is 0 Å². The molecule has 4 nitrogen and oxygen atoms in total. The zero-order chi connectivity index (χ0) is 8.91. The molecule has 0 amide bonds. The van der Waals surface area contributed by atoms with Gasteiger partial charge in [0.25, 0.3) is 0 Å². The Kier molecular flexibility index (Phi) is 3.89. The van der Waals surface area contributed by atoms with Gasteiger partial charge in [0.05, 0.1) is 0 Å². The van der Waals surface area contributed by atoms with Crippen LogP contribution in [0.2, 0.25) is 0 Å². The first kappa shape index (κ1) is 10.2. The molecule has 0 fully saturated rings. The maximum absolute atomic E-state index is 10.7. The molecule has 11 heavy (non-hydrogen) atoms. The molecular formula is C5H6B2O4. The van der Waals surface area contributed by atoms with Crippen molar-refractivity contribution in [2.24, 2.45) is 0 Å². The number of aldehydes is 1. The maximum atomic E-state index is 10.7. The van der Waals surface area contributed by atoms with Crippen LogP contribution in [-0.4, -0.2) is 32.8 Å². The fourth-order valence-corrected chi connectivity index (χ4v) is 0.557. The van der Waals surface area contributed by atoms with E-state index in [4.69, 9.17) is 8.05 Å². The van der Waals surface area contributed by atoms with E-state index in [9.17, 15) is 14.3 Å². The summed E-state index contributed by atoms with van der Waals surface area (Å²) >= 11 is 0. The number of hydrogen-bond acceptors (Lipinski definition) is 4. The third-order valence-corrected chi connectivity index (χ3v) is 1.38. The molecule has 0 bridgehead atoms. The van der Waals surface area contributed by atoms with E-state index in [1.54, 1.807) is 0 Å². The Hall–Kier alpha value is -0.770. The summed E-state index contributed by atoms with van der Waals surface area (Å²) < 4.78 is 14.4. The monoisotopic (exact) mass is 152 g/mol. The third-order valence-electron chi connectivity index (χ3n) is 1.38. The van der Waals surface area contributed by atoms with Gasteiger partial charge in [-0.25, -0.2) is 0 Å². The Morgan fingerprint density at radius 3 is 2.45 bits per heavy atom. The van der Waals surface area contributed by atoms with Crippen LogP contribution in [0.15, 0.2) is 0 Å². The predicted octanol–water partition coefficient (Wildman–Crippen LogP) is -0.990. The molecule has 56 valence electrons. The summed E-state index contributed by atoms with van der Waals surface area (Å²) in [5.41, 5.74) is -1.78. The van der Waals surface area contributed by atoms with E-state index < -0.39 is 11.3 Å². The fraction of sp³-hybridized carbons (Fsp3) is 0.600. The van der Waals surface area contributed by atoms with Crippen molar-refractivity contribution in [3.05, 3.63) is 0 Å². The van der Waals surface area contributed by atoms with Gasteiger partial charge in [-0.15, -0.1) is 0 Å². The first-order valence-electron chi connectivity index (χ1n) is 2.92. The normalized spacial score (nSPS) is 14.6. The van der Waals surface area contributed by atoms with Crippen LogP contribution >= 0.6 is 0 Å². The van der Waals surface area contributed by atoms with Gasteiger partial charge in [0.15, 0.2) is 0 Å². The van der Waals surface area contributed by atoms with Gasteiger partial charge >= 0.3 is 65.1 Å². The minimum absolute atomic E-state index is 0.226. The molecule has 0 saturated carbocycles. The molecule has 0 aliphatic rings. The molecule has 0 aliphatic heterocycles. The Labute approximate surface area is 66.0 Å². The van der Waals surface area contributed by atoms with Gasteiger partial charge in [-0.2, -0.15) is 0 Å². The Morgan fingerprint density at radius 2 is 2.36 bits per heavy atom. The van der Waals surface area contributed by atoms with Gasteiger partial charge in [-0.1, -0.05) is 0 Å². The molecule has 6 heteroatoms. The van der Waals surface area contributed by atoms with Crippen molar-refractivity contribution in [1.82, 2.24) is 0 Å². The first-order chi connectivity index (χ1) is 5.13. The molecule has 0 aliphatic carbocycles. The van der Waals surface area contributed by atoms with Crippen LogP contribution in [0, 0.1) is 0 Å². The number of carbonyl (C=O) groups excluding carboxylic acids is 2. The van der Waals surface area contributed by atoms with Gasteiger partial charge < -0.3 is 0 Å². The number of Topliss-reactive ketones (excluding diaryl/α,β-unsaturated/α-hetero) is 1. The van der Waals surface area contributed by atoms with Crippen LogP contribution in [0.1, 0.15) is 13.3 Å². The summed E-state index contributed by atoms with van der Waals surface area (Å²) in [4.78, 5) is 20.7. The minimum atomic E-state index is -1.78. The fourth-order valence-electron chi connectivity index (χ4n) is 0.557. The molecule has 1 atom stereocenters. The second-order valence-corrected chi connectivity index (χ2v) is 2.05. The zero-order valence-electron chi connectivity index (χ0n) is 6.07. The van der Waals surface area contributed by atoms with Crippen LogP contribution in [0.25, 0.3) is 0 Å². The van der Waals surface area contributed by atoms with Crippen molar-refractivity contribution in [3.8, 4) is 0 Å². The van der Waals surface area contributed by atoms with Crippen LogP contribution in [-0.2, 0) is 18.9 Å². The molecule has 0 aromatic carbocycles. The SMILES string of the molecule is [B]OC(B=O)(CC=O)C(C)=O. The number of ketones is 1. The van der Waals surface area contributed by atoms with E-state index in [0.717, 1.165) is 6.92 Å². The standard InChI is InChI=1S/C5H6B2O4/c1-4(9)5(7-10,11-6)2-3-8/h3H,2H2,1H3. The van der Waals surface area contributed by atoms with Crippen molar-refractivity contribution in [2.45, 2.75) is 18.8 Å². The van der Waals surface area contributed by atoms with Crippen molar-refractivity contribution in [1.29, 1.82) is 0 Å². The van der Waals surface area contributed by atoms with E-state index >= 15 is 0 Å².